The standard InChI is InChI=1S/C19H38N2/c1-4-5-6-7-8-11-14-21-15-18(17(2)3)20-16-19(21)12-9-10-13-19/h17-18,20H,4-16H2,1-3H3. The van der Waals surface area contributed by atoms with E-state index in [1.54, 1.807) is 0 Å². The topological polar surface area (TPSA) is 15.3 Å². The van der Waals surface area contributed by atoms with Gasteiger partial charge in [-0.1, -0.05) is 65.7 Å². The molecule has 1 saturated carbocycles. The van der Waals surface area contributed by atoms with Crippen molar-refractivity contribution in [1.29, 1.82) is 0 Å². The van der Waals surface area contributed by atoms with Crippen molar-refractivity contribution in [2.24, 2.45) is 5.92 Å². The molecule has 0 aromatic carbocycles. The van der Waals surface area contributed by atoms with E-state index in [2.05, 4.69) is 31.0 Å². The fourth-order valence-corrected chi connectivity index (χ4v) is 4.31. The van der Waals surface area contributed by atoms with E-state index in [1.165, 1.54) is 83.8 Å². The van der Waals surface area contributed by atoms with Gasteiger partial charge >= 0.3 is 0 Å². The number of unbranched alkanes of at least 4 members (excludes halogenated alkanes) is 5. The predicted molar refractivity (Wildman–Crippen MR) is 92.8 cm³/mol. The second-order valence-corrected chi connectivity index (χ2v) is 7.88. The lowest BCUT2D eigenvalue weighted by atomic mass is 9.88. The molecule has 1 spiro atoms. The molecule has 2 aliphatic rings. The smallest absolute Gasteiger partial charge is 0.0334 e. The normalized spacial score (nSPS) is 26.0. The van der Waals surface area contributed by atoms with Crippen LogP contribution in [0.25, 0.3) is 0 Å². The summed E-state index contributed by atoms with van der Waals surface area (Å²) in [4.78, 5) is 2.89. The minimum absolute atomic E-state index is 0.523. The average molecular weight is 295 g/mol. The third-order valence-corrected chi connectivity index (χ3v) is 5.90. The van der Waals surface area contributed by atoms with Crippen LogP contribution in [-0.2, 0) is 0 Å². The maximum Gasteiger partial charge on any atom is 0.0334 e. The zero-order chi connectivity index (χ0) is 15.1. The molecule has 0 amide bonds. The van der Waals surface area contributed by atoms with Crippen molar-refractivity contribution in [2.45, 2.75) is 96.6 Å². The maximum absolute atomic E-state index is 3.86. The summed E-state index contributed by atoms with van der Waals surface area (Å²) < 4.78 is 0. The molecular formula is C19H38N2. The minimum atomic E-state index is 0.523. The van der Waals surface area contributed by atoms with Crippen LogP contribution in [0, 0.1) is 5.92 Å². The molecule has 2 nitrogen and oxygen atoms in total. The fraction of sp³-hybridized carbons (Fsp3) is 1.00. The van der Waals surface area contributed by atoms with Gasteiger partial charge in [0.2, 0.25) is 0 Å². The molecule has 0 bridgehead atoms. The summed E-state index contributed by atoms with van der Waals surface area (Å²) in [5.41, 5.74) is 0.523. The molecule has 2 heteroatoms. The SMILES string of the molecule is CCCCCCCCN1CC(C(C)C)NCC12CCCC2. The van der Waals surface area contributed by atoms with Crippen LogP contribution in [0.1, 0.15) is 85.0 Å². The van der Waals surface area contributed by atoms with Gasteiger partial charge in [0.25, 0.3) is 0 Å². The number of piperazine rings is 1. The van der Waals surface area contributed by atoms with Crippen molar-refractivity contribution < 1.29 is 0 Å². The minimum Gasteiger partial charge on any atom is -0.311 e. The lowest BCUT2D eigenvalue weighted by molar-refractivity contribution is 0.0316. The highest BCUT2D eigenvalue weighted by atomic mass is 15.3. The molecule has 1 unspecified atom stereocenters. The van der Waals surface area contributed by atoms with Crippen LogP contribution in [0.5, 0.6) is 0 Å². The van der Waals surface area contributed by atoms with Crippen LogP contribution in [0.2, 0.25) is 0 Å². The summed E-state index contributed by atoms with van der Waals surface area (Å²) in [7, 11) is 0. The Morgan fingerprint density at radius 3 is 2.38 bits per heavy atom. The van der Waals surface area contributed by atoms with E-state index in [1.807, 2.05) is 0 Å². The Kier molecular flexibility index (Phi) is 7.01. The first-order valence-corrected chi connectivity index (χ1v) is 9.66. The second-order valence-electron chi connectivity index (χ2n) is 7.88. The highest BCUT2D eigenvalue weighted by Crippen LogP contribution is 2.37. The summed E-state index contributed by atoms with van der Waals surface area (Å²) in [6.45, 7) is 10.9. The molecule has 2 fully saturated rings. The van der Waals surface area contributed by atoms with E-state index in [4.69, 9.17) is 0 Å². The van der Waals surface area contributed by atoms with Crippen molar-refractivity contribution in [3.8, 4) is 0 Å². The molecule has 1 aliphatic carbocycles. The fourth-order valence-electron chi connectivity index (χ4n) is 4.31. The highest BCUT2D eigenvalue weighted by molar-refractivity contribution is 5.02. The van der Waals surface area contributed by atoms with Crippen LogP contribution in [0.4, 0.5) is 0 Å². The quantitative estimate of drug-likeness (QED) is 0.659. The Hall–Kier alpha value is -0.0800. The van der Waals surface area contributed by atoms with Gasteiger partial charge in [-0.2, -0.15) is 0 Å². The van der Waals surface area contributed by atoms with E-state index in [-0.39, 0.29) is 0 Å². The number of hydrogen-bond donors (Lipinski definition) is 1. The monoisotopic (exact) mass is 294 g/mol. The third kappa shape index (κ3) is 4.69. The number of rotatable bonds is 8. The summed E-state index contributed by atoms with van der Waals surface area (Å²) in [6, 6.07) is 0.705. The summed E-state index contributed by atoms with van der Waals surface area (Å²) >= 11 is 0. The van der Waals surface area contributed by atoms with Gasteiger partial charge in [0, 0.05) is 24.7 Å². The van der Waals surface area contributed by atoms with Gasteiger partial charge in [-0.25, -0.2) is 0 Å². The summed E-state index contributed by atoms with van der Waals surface area (Å²) in [5, 5.41) is 3.86. The van der Waals surface area contributed by atoms with Crippen LogP contribution >= 0.6 is 0 Å². The number of nitrogens with one attached hydrogen (secondary N) is 1. The van der Waals surface area contributed by atoms with Crippen molar-refractivity contribution in [3.63, 3.8) is 0 Å². The van der Waals surface area contributed by atoms with Gasteiger partial charge in [0.15, 0.2) is 0 Å². The van der Waals surface area contributed by atoms with Gasteiger partial charge in [0.05, 0.1) is 0 Å². The number of nitrogens with zero attached hydrogens (tertiary/aromatic N) is 1. The van der Waals surface area contributed by atoms with Crippen LogP contribution in [-0.4, -0.2) is 36.1 Å². The first-order chi connectivity index (χ1) is 10.2. The van der Waals surface area contributed by atoms with Crippen molar-refractivity contribution in [1.82, 2.24) is 10.2 Å². The molecule has 21 heavy (non-hydrogen) atoms. The second kappa shape index (κ2) is 8.53. The van der Waals surface area contributed by atoms with E-state index in [0.29, 0.717) is 11.6 Å². The van der Waals surface area contributed by atoms with E-state index in [0.717, 1.165) is 5.92 Å². The van der Waals surface area contributed by atoms with Crippen LogP contribution in [0.3, 0.4) is 0 Å². The first kappa shape index (κ1) is 17.3. The molecule has 0 aromatic rings. The van der Waals surface area contributed by atoms with Gasteiger partial charge < -0.3 is 5.32 Å². The Balaban J connectivity index is 1.79. The Morgan fingerprint density at radius 1 is 1.05 bits per heavy atom. The molecule has 1 saturated heterocycles. The van der Waals surface area contributed by atoms with E-state index in [9.17, 15) is 0 Å². The molecule has 1 atom stereocenters. The van der Waals surface area contributed by atoms with E-state index < -0.39 is 0 Å². The van der Waals surface area contributed by atoms with Gasteiger partial charge in [0.1, 0.15) is 0 Å². The molecule has 0 aromatic heterocycles. The Bertz CT molecular complexity index is 281. The largest absolute Gasteiger partial charge is 0.311 e. The van der Waals surface area contributed by atoms with Crippen LogP contribution in [0.15, 0.2) is 0 Å². The summed E-state index contributed by atoms with van der Waals surface area (Å²) in [5.74, 6) is 0.760. The van der Waals surface area contributed by atoms with Crippen molar-refractivity contribution in [2.75, 3.05) is 19.6 Å². The third-order valence-electron chi connectivity index (χ3n) is 5.90. The molecule has 1 heterocycles. The van der Waals surface area contributed by atoms with Gasteiger partial charge in [-0.3, -0.25) is 4.90 Å². The molecule has 1 aliphatic heterocycles. The molecule has 1 N–H and O–H groups in total. The molecule has 0 radical (unpaired) electrons. The average Bonchev–Trinajstić information content (AvgIpc) is 2.93. The first-order valence-electron chi connectivity index (χ1n) is 9.66. The Morgan fingerprint density at radius 2 is 1.71 bits per heavy atom. The summed E-state index contributed by atoms with van der Waals surface area (Å²) in [6.07, 6.45) is 14.3. The maximum atomic E-state index is 3.86. The van der Waals surface area contributed by atoms with Crippen LogP contribution < -0.4 is 5.32 Å². The van der Waals surface area contributed by atoms with Crippen molar-refractivity contribution >= 4 is 0 Å². The zero-order valence-electron chi connectivity index (χ0n) is 14.8. The zero-order valence-corrected chi connectivity index (χ0v) is 14.8. The molecule has 124 valence electrons. The van der Waals surface area contributed by atoms with Gasteiger partial charge in [-0.15, -0.1) is 0 Å². The molecule has 2 rings (SSSR count). The molecular weight excluding hydrogens is 256 g/mol. The van der Waals surface area contributed by atoms with E-state index >= 15 is 0 Å². The van der Waals surface area contributed by atoms with Crippen molar-refractivity contribution in [3.05, 3.63) is 0 Å². The highest BCUT2D eigenvalue weighted by Gasteiger charge is 2.43. The Labute approximate surface area is 133 Å². The lowest BCUT2D eigenvalue weighted by Crippen LogP contribution is -2.64. The lowest BCUT2D eigenvalue weighted by Gasteiger charge is -2.49. The predicted octanol–water partition coefficient (Wildman–Crippen LogP) is 4.59. The van der Waals surface area contributed by atoms with Gasteiger partial charge in [-0.05, 0) is 31.7 Å². The number of hydrogen-bond acceptors (Lipinski definition) is 2.